The van der Waals surface area contributed by atoms with Crippen LogP contribution in [0.4, 0.5) is 0 Å². The SMILES string of the molecule is C(=CC1=CCCCC1)OC=CC1=CCCCC1. The van der Waals surface area contributed by atoms with Gasteiger partial charge in [0.05, 0.1) is 12.5 Å². The minimum absolute atomic E-state index is 1.20. The van der Waals surface area contributed by atoms with Crippen LogP contribution in [0.3, 0.4) is 0 Å². The van der Waals surface area contributed by atoms with E-state index in [9.17, 15) is 0 Å². The van der Waals surface area contributed by atoms with Crippen molar-refractivity contribution in [1.29, 1.82) is 0 Å². The molecule has 0 radical (unpaired) electrons. The standard InChI is InChI=1S/C16H22O/c1-3-7-15(8-4-1)11-13-17-14-12-16-9-5-2-6-10-16/h7,9,11-14H,1-6,8,10H2. The van der Waals surface area contributed by atoms with Crippen molar-refractivity contribution in [1.82, 2.24) is 0 Å². The monoisotopic (exact) mass is 230 g/mol. The van der Waals surface area contributed by atoms with Gasteiger partial charge in [0.15, 0.2) is 0 Å². The van der Waals surface area contributed by atoms with Crippen LogP contribution in [0.1, 0.15) is 51.4 Å². The normalized spacial score (nSPS) is 21.6. The molecule has 1 heteroatoms. The summed E-state index contributed by atoms with van der Waals surface area (Å²) < 4.78 is 5.40. The highest BCUT2D eigenvalue weighted by Gasteiger charge is 2.00. The van der Waals surface area contributed by atoms with Crippen molar-refractivity contribution in [3.05, 3.63) is 48.0 Å². The molecule has 0 saturated carbocycles. The van der Waals surface area contributed by atoms with Crippen LogP contribution in [0.25, 0.3) is 0 Å². The lowest BCUT2D eigenvalue weighted by Crippen LogP contribution is -1.89. The van der Waals surface area contributed by atoms with E-state index in [-0.39, 0.29) is 0 Å². The summed E-state index contributed by atoms with van der Waals surface area (Å²) >= 11 is 0. The van der Waals surface area contributed by atoms with Gasteiger partial charge in [-0.1, -0.05) is 12.2 Å². The summed E-state index contributed by atoms with van der Waals surface area (Å²) in [7, 11) is 0. The fourth-order valence-corrected chi connectivity index (χ4v) is 2.33. The lowest BCUT2D eigenvalue weighted by Gasteiger charge is -2.08. The van der Waals surface area contributed by atoms with E-state index in [1.165, 1.54) is 62.5 Å². The first-order valence-electron chi connectivity index (χ1n) is 6.82. The van der Waals surface area contributed by atoms with Crippen molar-refractivity contribution in [2.45, 2.75) is 51.4 Å². The molecular weight excluding hydrogens is 208 g/mol. The van der Waals surface area contributed by atoms with Gasteiger partial charge in [0.25, 0.3) is 0 Å². The summed E-state index contributed by atoms with van der Waals surface area (Å²) in [6.07, 6.45) is 22.6. The third-order valence-corrected chi connectivity index (χ3v) is 3.37. The molecular formula is C16H22O. The first kappa shape index (κ1) is 12.2. The van der Waals surface area contributed by atoms with E-state index in [0.717, 1.165) is 0 Å². The molecule has 2 aliphatic rings. The minimum Gasteiger partial charge on any atom is -0.473 e. The quantitative estimate of drug-likeness (QED) is 0.615. The molecule has 0 heterocycles. The maximum Gasteiger partial charge on any atom is 0.0904 e. The zero-order valence-electron chi connectivity index (χ0n) is 10.5. The Morgan fingerprint density at radius 2 is 1.29 bits per heavy atom. The summed E-state index contributed by atoms with van der Waals surface area (Å²) in [5.74, 6) is 0. The fraction of sp³-hybridized carbons (Fsp3) is 0.500. The van der Waals surface area contributed by atoms with E-state index < -0.39 is 0 Å². The smallest absolute Gasteiger partial charge is 0.0904 e. The Labute approximate surface area is 105 Å². The molecule has 2 rings (SSSR count). The molecule has 17 heavy (non-hydrogen) atoms. The van der Waals surface area contributed by atoms with Crippen LogP contribution in [0, 0.1) is 0 Å². The van der Waals surface area contributed by atoms with E-state index in [1.54, 1.807) is 12.5 Å². The first-order chi connectivity index (χ1) is 8.45. The molecule has 0 bridgehead atoms. The summed E-state index contributed by atoms with van der Waals surface area (Å²) in [6.45, 7) is 0. The van der Waals surface area contributed by atoms with Gasteiger partial charge in [0.1, 0.15) is 0 Å². The molecule has 0 N–H and O–H groups in total. The molecule has 0 unspecified atom stereocenters. The average molecular weight is 230 g/mol. The molecule has 0 spiro atoms. The van der Waals surface area contributed by atoms with Crippen molar-refractivity contribution in [3.63, 3.8) is 0 Å². The van der Waals surface area contributed by atoms with Gasteiger partial charge in [-0.3, -0.25) is 0 Å². The minimum atomic E-state index is 1.20. The maximum atomic E-state index is 5.40. The van der Waals surface area contributed by atoms with Crippen LogP contribution in [-0.4, -0.2) is 0 Å². The van der Waals surface area contributed by atoms with E-state index in [1.807, 2.05) is 0 Å². The van der Waals surface area contributed by atoms with Crippen molar-refractivity contribution in [3.8, 4) is 0 Å². The van der Waals surface area contributed by atoms with Gasteiger partial charge in [-0.15, -0.1) is 0 Å². The summed E-state index contributed by atoms with van der Waals surface area (Å²) in [5, 5.41) is 0. The van der Waals surface area contributed by atoms with Crippen LogP contribution >= 0.6 is 0 Å². The molecule has 1 nitrogen and oxygen atoms in total. The third kappa shape index (κ3) is 4.64. The maximum absolute atomic E-state index is 5.40. The second kappa shape index (κ2) is 7.16. The predicted octanol–water partition coefficient (Wildman–Crippen LogP) is 5.03. The Hall–Kier alpha value is -1.24. The highest BCUT2D eigenvalue weighted by Crippen LogP contribution is 2.19. The second-order valence-corrected chi connectivity index (χ2v) is 4.79. The molecule has 2 aliphatic carbocycles. The molecule has 0 aliphatic heterocycles. The summed E-state index contributed by atoms with van der Waals surface area (Å²) in [4.78, 5) is 0. The second-order valence-electron chi connectivity index (χ2n) is 4.79. The van der Waals surface area contributed by atoms with E-state index in [4.69, 9.17) is 4.74 Å². The molecule has 0 saturated heterocycles. The largest absolute Gasteiger partial charge is 0.473 e. The Balaban J connectivity index is 1.71. The Morgan fingerprint density at radius 3 is 1.71 bits per heavy atom. The van der Waals surface area contributed by atoms with E-state index in [0.29, 0.717) is 0 Å². The third-order valence-electron chi connectivity index (χ3n) is 3.37. The topological polar surface area (TPSA) is 9.23 Å². The molecule has 0 aromatic rings. The first-order valence-corrected chi connectivity index (χ1v) is 6.82. The van der Waals surface area contributed by atoms with Gasteiger partial charge in [-0.25, -0.2) is 0 Å². The fourth-order valence-electron chi connectivity index (χ4n) is 2.33. The van der Waals surface area contributed by atoms with Crippen molar-refractivity contribution < 1.29 is 4.74 Å². The highest BCUT2D eigenvalue weighted by molar-refractivity contribution is 5.20. The predicted molar refractivity (Wildman–Crippen MR) is 72.5 cm³/mol. The van der Waals surface area contributed by atoms with Gasteiger partial charge < -0.3 is 4.74 Å². The summed E-state index contributed by atoms with van der Waals surface area (Å²) in [6, 6.07) is 0. The van der Waals surface area contributed by atoms with Gasteiger partial charge in [-0.2, -0.15) is 0 Å². The van der Waals surface area contributed by atoms with E-state index >= 15 is 0 Å². The Kier molecular flexibility index (Phi) is 5.15. The van der Waals surface area contributed by atoms with Crippen LogP contribution in [0.2, 0.25) is 0 Å². The Morgan fingerprint density at radius 1 is 0.765 bits per heavy atom. The van der Waals surface area contributed by atoms with Crippen molar-refractivity contribution >= 4 is 0 Å². The van der Waals surface area contributed by atoms with Crippen LogP contribution in [0.15, 0.2) is 48.0 Å². The number of hydrogen-bond donors (Lipinski definition) is 0. The molecule has 0 atom stereocenters. The molecule has 0 fully saturated rings. The average Bonchev–Trinajstić information content (AvgIpc) is 2.41. The van der Waals surface area contributed by atoms with Crippen LogP contribution in [-0.2, 0) is 4.74 Å². The lowest BCUT2D eigenvalue weighted by atomic mass is 10.00. The lowest BCUT2D eigenvalue weighted by molar-refractivity contribution is 0.401. The van der Waals surface area contributed by atoms with Crippen molar-refractivity contribution in [2.75, 3.05) is 0 Å². The molecule has 0 amide bonds. The van der Waals surface area contributed by atoms with Gasteiger partial charge >= 0.3 is 0 Å². The highest BCUT2D eigenvalue weighted by atomic mass is 16.5. The van der Waals surface area contributed by atoms with Crippen molar-refractivity contribution in [2.24, 2.45) is 0 Å². The number of ether oxygens (including phenoxy) is 1. The number of hydrogen-bond acceptors (Lipinski definition) is 1. The molecule has 0 aromatic heterocycles. The number of rotatable bonds is 4. The van der Waals surface area contributed by atoms with Crippen LogP contribution < -0.4 is 0 Å². The zero-order valence-corrected chi connectivity index (χ0v) is 10.5. The Bertz CT molecular complexity index is 311. The van der Waals surface area contributed by atoms with E-state index in [2.05, 4.69) is 24.3 Å². The molecule has 0 aromatic carbocycles. The van der Waals surface area contributed by atoms with Crippen LogP contribution in [0.5, 0.6) is 0 Å². The molecule has 92 valence electrons. The summed E-state index contributed by atoms with van der Waals surface area (Å²) in [5.41, 5.74) is 2.84. The van der Waals surface area contributed by atoms with Gasteiger partial charge in [-0.05, 0) is 74.7 Å². The number of allylic oxidation sites excluding steroid dienone is 6. The van der Waals surface area contributed by atoms with Gasteiger partial charge in [0.2, 0.25) is 0 Å². The zero-order chi connectivity index (χ0) is 11.8. The van der Waals surface area contributed by atoms with Gasteiger partial charge in [0, 0.05) is 0 Å².